The van der Waals surface area contributed by atoms with E-state index in [4.69, 9.17) is 9.62 Å². The first kappa shape index (κ1) is 14.7. The van der Waals surface area contributed by atoms with E-state index in [0.717, 1.165) is 52.5 Å². The van der Waals surface area contributed by atoms with E-state index in [9.17, 15) is 0 Å². The van der Waals surface area contributed by atoms with Crippen molar-refractivity contribution >= 4 is 22.9 Å². The third-order valence-corrected chi connectivity index (χ3v) is 4.62. The van der Waals surface area contributed by atoms with Gasteiger partial charge in [-0.25, -0.2) is 4.98 Å². The molecule has 1 aliphatic rings. The van der Waals surface area contributed by atoms with Gasteiger partial charge in [-0.05, 0) is 42.7 Å². The number of aryl methyl sites for hydroxylation is 1. The number of furan rings is 1. The molecular formula is C19H15N5O2. The van der Waals surface area contributed by atoms with Crippen LogP contribution in [-0.4, -0.2) is 25.3 Å². The quantitative estimate of drug-likeness (QED) is 0.435. The van der Waals surface area contributed by atoms with Crippen molar-refractivity contribution in [1.29, 1.82) is 0 Å². The second-order valence-corrected chi connectivity index (χ2v) is 6.13. The summed E-state index contributed by atoms with van der Waals surface area (Å²) in [5.41, 5.74) is 5.31. The highest BCUT2D eigenvalue weighted by Crippen LogP contribution is 2.33. The number of imidazole rings is 1. The molecule has 1 aromatic carbocycles. The van der Waals surface area contributed by atoms with E-state index < -0.39 is 0 Å². The Morgan fingerprint density at radius 1 is 1.23 bits per heavy atom. The molecule has 0 amide bonds. The SMILES string of the molecule is ON=C1CCc2cc(Nc3c(-c4ccco4)nc4cnccn34)ccc21. The number of aromatic nitrogens is 3. The minimum atomic E-state index is 0.687. The summed E-state index contributed by atoms with van der Waals surface area (Å²) < 4.78 is 7.49. The Morgan fingerprint density at radius 2 is 2.19 bits per heavy atom. The van der Waals surface area contributed by atoms with Crippen molar-refractivity contribution in [3.8, 4) is 11.5 Å². The lowest BCUT2D eigenvalue weighted by molar-refractivity contribution is 0.318. The molecule has 4 aromatic rings. The van der Waals surface area contributed by atoms with Gasteiger partial charge in [0.25, 0.3) is 0 Å². The summed E-state index contributed by atoms with van der Waals surface area (Å²) in [4.78, 5) is 8.78. The predicted octanol–water partition coefficient (Wildman–Crippen LogP) is 3.86. The number of rotatable bonds is 3. The van der Waals surface area contributed by atoms with Crippen molar-refractivity contribution in [3.05, 3.63) is 66.3 Å². The fourth-order valence-corrected chi connectivity index (χ4v) is 3.40. The lowest BCUT2D eigenvalue weighted by atomic mass is 10.1. The van der Waals surface area contributed by atoms with Gasteiger partial charge >= 0.3 is 0 Å². The van der Waals surface area contributed by atoms with Gasteiger partial charge in [-0.15, -0.1) is 0 Å². The molecule has 3 aromatic heterocycles. The van der Waals surface area contributed by atoms with Crippen LogP contribution in [0.3, 0.4) is 0 Å². The van der Waals surface area contributed by atoms with Crippen molar-refractivity contribution in [2.75, 3.05) is 5.32 Å². The molecule has 3 heterocycles. The summed E-state index contributed by atoms with van der Waals surface area (Å²) in [6.07, 6.45) is 8.55. The van der Waals surface area contributed by atoms with Crippen molar-refractivity contribution in [1.82, 2.24) is 14.4 Å². The van der Waals surface area contributed by atoms with Crippen LogP contribution in [0.15, 0.2) is 64.8 Å². The van der Waals surface area contributed by atoms with Gasteiger partial charge < -0.3 is 14.9 Å². The summed E-state index contributed by atoms with van der Waals surface area (Å²) in [5.74, 6) is 1.50. The Hall–Kier alpha value is -3.61. The van der Waals surface area contributed by atoms with Crippen LogP contribution < -0.4 is 5.32 Å². The van der Waals surface area contributed by atoms with Gasteiger partial charge in [-0.2, -0.15) is 0 Å². The topological polar surface area (TPSA) is 88.0 Å². The number of nitrogens with zero attached hydrogens (tertiary/aromatic N) is 4. The summed E-state index contributed by atoms with van der Waals surface area (Å²) in [7, 11) is 0. The summed E-state index contributed by atoms with van der Waals surface area (Å²) >= 11 is 0. The third kappa shape index (κ3) is 2.25. The van der Waals surface area contributed by atoms with Gasteiger partial charge in [0.2, 0.25) is 0 Å². The van der Waals surface area contributed by atoms with Crippen LogP contribution in [0, 0.1) is 0 Å². The molecule has 0 fully saturated rings. The van der Waals surface area contributed by atoms with E-state index in [0.29, 0.717) is 5.76 Å². The van der Waals surface area contributed by atoms with Crippen LogP contribution in [0.5, 0.6) is 0 Å². The van der Waals surface area contributed by atoms with Crippen LogP contribution in [-0.2, 0) is 6.42 Å². The number of hydrogen-bond acceptors (Lipinski definition) is 6. The summed E-state index contributed by atoms with van der Waals surface area (Å²) in [6.45, 7) is 0. The highest BCUT2D eigenvalue weighted by molar-refractivity contribution is 6.04. The molecule has 0 saturated heterocycles. The molecular weight excluding hydrogens is 330 g/mol. The molecule has 7 nitrogen and oxygen atoms in total. The van der Waals surface area contributed by atoms with Crippen LogP contribution in [0.1, 0.15) is 17.5 Å². The highest BCUT2D eigenvalue weighted by Gasteiger charge is 2.20. The fraction of sp³-hybridized carbons (Fsp3) is 0.105. The smallest absolute Gasteiger partial charge is 0.157 e. The zero-order chi connectivity index (χ0) is 17.5. The number of benzene rings is 1. The lowest BCUT2D eigenvalue weighted by Gasteiger charge is -2.09. The van der Waals surface area contributed by atoms with E-state index in [2.05, 4.69) is 26.5 Å². The molecule has 1 aliphatic carbocycles. The normalized spacial score (nSPS) is 14.8. The number of hydrogen-bond donors (Lipinski definition) is 2. The minimum absolute atomic E-state index is 0.687. The van der Waals surface area contributed by atoms with Gasteiger partial charge in [0, 0.05) is 23.6 Å². The molecule has 26 heavy (non-hydrogen) atoms. The standard InChI is InChI=1S/C19H15N5O2/c25-23-15-6-3-12-10-13(4-5-14(12)15)21-19-18(16-2-1-9-26-16)22-17-11-20-7-8-24(17)19/h1-2,4-5,7-11,21,25H,3,6H2. The number of fused-ring (bicyclic) bond motifs is 2. The molecule has 128 valence electrons. The second-order valence-electron chi connectivity index (χ2n) is 6.13. The highest BCUT2D eigenvalue weighted by atomic mass is 16.4. The van der Waals surface area contributed by atoms with Crippen LogP contribution in [0.4, 0.5) is 11.5 Å². The molecule has 5 rings (SSSR count). The zero-order valence-corrected chi connectivity index (χ0v) is 13.8. The number of nitrogens with one attached hydrogen (secondary N) is 1. The summed E-state index contributed by atoms with van der Waals surface area (Å²) in [5, 5.41) is 15.9. The Bertz CT molecular complexity index is 1130. The fourth-order valence-electron chi connectivity index (χ4n) is 3.40. The maximum atomic E-state index is 9.09. The van der Waals surface area contributed by atoms with Crippen molar-refractivity contribution < 1.29 is 9.62 Å². The number of anilines is 2. The van der Waals surface area contributed by atoms with Crippen LogP contribution in [0.2, 0.25) is 0 Å². The summed E-state index contributed by atoms with van der Waals surface area (Å²) in [6, 6.07) is 9.76. The molecule has 0 aliphatic heterocycles. The second kappa shape index (κ2) is 5.73. The zero-order valence-electron chi connectivity index (χ0n) is 13.8. The van der Waals surface area contributed by atoms with Crippen molar-refractivity contribution in [3.63, 3.8) is 0 Å². The average Bonchev–Trinajstić information content (AvgIpc) is 3.40. The van der Waals surface area contributed by atoms with E-state index >= 15 is 0 Å². The molecule has 7 heteroatoms. The first-order chi connectivity index (χ1) is 12.8. The Labute approximate surface area is 148 Å². The van der Waals surface area contributed by atoms with Crippen LogP contribution >= 0.6 is 0 Å². The largest absolute Gasteiger partial charge is 0.463 e. The monoisotopic (exact) mass is 345 g/mol. The first-order valence-corrected chi connectivity index (χ1v) is 8.30. The molecule has 0 radical (unpaired) electrons. The predicted molar refractivity (Wildman–Crippen MR) is 97.1 cm³/mol. The van der Waals surface area contributed by atoms with E-state index in [1.165, 1.54) is 0 Å². The van der Waals surface area contributed by atoms with E-state index in [1.807, 2.05) is 34.9 Å². The maximum absolute atomic E-state index is 9.09. The van der Waals surface area contributed by atoms with E-state index in [1.54, 1.807) is 18.7 Å². The molecule has 0 spiro atoms. The minimum Gasteiger partial charge on any atom is -0.463 e. The van der Waals surface area contributed by atoms with Crippen molar-refractivity contribution in [2.24, 2.45) is 5.16 Å². The Balaban J connectivity index is 1.61. The Morgan fingerprint density at radius 3 is 3.04 bits per heavy atom. The molecule has 0 unspecified atom stereocenters. The molecule has 2 N–H and O–H groups in total. The molecule has 0 bridgehead atoms. The lowest BCUT2D eigenvalue weighted by Crippen LogP contribution is -1.99. The van der Waals surface area contributed by atoms with Gasteiger partial charge in [0.1, 0.15) is 11.5 Å². The van der Waals surface area contributed by atoms with Gasteiger partial charge in [0.15, 0.2) is 11.4 Å². The van der Waals surface area contributed by atoms with Gasteiger partial charge in [-0.3, -0.25) is 9.38 Å². The maximum Gasteiger partial charge on any atom is 0.157 e. The van der Waals surface area contributed by atoms with Crippen molar-refractivity contribution in [2.45, 2.75) is 12.8 Å². The van der Waals surface area contributed by atoms with Crippen LogP contribution in [0.25, 0.3) is 17.1 Å². The number of oxime groups is 1. The average molecular weight is 345 g/mol. The third-order valence-electron chi connectivity index (χ3n) is 4.62. The van der Waals surface area contributed by atoms with E-state index in [-0.39, 0.29) is 0 Å². The Kier molecular flexibility index (Phi) is 3.24. The molecule has 0 atom stereocenters. The first-order valence-electron chi connectivity index (χ1n) is 8.30. The van der Waals surface area contributed by atoms with Gasteiger partial charge in [0.05, 0.1) is 18.2 Å². The molecule has 0 saturated carbocycles. The van der Waals surface area contributed by atoms with Gasteiger partial charge in [-0.1, -0.05) is 11.2 Å².